The summed E-state index contributed by atoms with van der Waals surface area (Å²) in [5.74, 6) is -2.94. The molecule has 0 aliphatic carbocycles. The van der Waals surface area contributed by atoms with Gasteiger partial charge in [-0.1, -0.05) is 6.07 Å². The molecule has 0 aliphatic rings. The maximum Gasteiger partial charge on any atom is 0.188 e. The van der Waals surface area contributed by atoms with Crippen molar-refractivity contribution in [1.29, 1.82) is 0 Å². The van der Waals surface area contributed by atoms with Crippen LogP contribution in [0.25, 0.3) is 10.9 Å². The molecule has 0 unspecified atom stereocenters. The van der Waals surface area contributed by atoms with Gasteiger partial charge in [-0.25, -0.2) is 13.2 Å². The Morgan fingerprint density at radius 2 is 1.71 bits per heavy atom. The number of carbonyl (C=O) groups is 1. The summed E-state index contributed by atoms with van der Waals surface area (Å²) >= 11 is 0. The van der Waals surface area contributed by atoms with Crippen LogP contribution in [0.4, 0.5) is 13.2 Å². The number of fused-ring (bicyclic) bond motifs is 1. The second-order valence-corrected chi connectivity index (χ2v) is 4.67. The maximum atomic E-state index is 13.6. The van der Waals surface area contributed by atoms with Crippen molar-refractivity contribution >= 4 is 16.7 Å². The molecule has 0 saturated heterocycles. The molecule has 3 rings (SSSR count). The molecule has 5 heteroatoms. The van der Waals surface area contributed by atoms with Gasteiger partial charge in [0.25, 0.3) is 0 Å². The predicted octanol–water partition coefficient (Wildman–Crippen LogP) is 3.94. The molecule has 1 aromatic heterocycles. The fourth-order valence-electron chi connectivity index (χ4n) is 2.29. The highest BCUT2D eigenvalue weighted by Crippen LogP contribution is 2.19. The summed E-state index contributed by atoms with van der Waals surface area (Å²) in [6, 6.07) is 9.13. The molecular weight excluding hydrogens is 279 g/mol. The average Bonchev–Trinajstić information content (AvgIpc) is 2.81. The van der Waals surface area contributed by atoms with Crippen molar-refractivity contribution in [3.8, 4) is 0 Å². The Bertz CT molecular complexity index is 818. The highest BCUT2D eigenvalue weighted by atomic mass is 19.1. The van der Waals surface area contributed by atoms with E-state index in [4.69, 9.17) is 0 Å². The first-order valence-electron chi connectivity index (χ1n) is 6.28. The van der Waals surface area contributed by atoms with E-state index in [0.717, 1.165) is 17.5 Å². The van der Waals surface area contributed by atoms with Crippen LogP contribution in [-0.2, 0) is 6.54 Å². The van der Waals surface area contributed by atoms with E-state index in [-0.39, 0.29) is 6.54 Å². The first-order valence-corrected chi connectivity index (χ1v) is 6.28. The summed E-state index contributed by atoms with van der Waals surface area (Å²) in [6.07, 6.45) is 1.58. The average molecular weight is 289 g/mol. The Morgan fingerprint density at radius 1 is 1.00 bits per heavy atom. The molecule has 0 spiro atoms. The Labute approximate surface area is 118 Å². The molecule has 21 heavy (non-hydrogen) atoms. The molecule has 0 amide bonds. The number of Topliss-reactive ketones (excluding diaryl/α,β-unsaturated/α-hetero) is 1. The third kappa shape index (κ3) is 2.42. The van der Waals surface area contributed by atoms with Gasteiger partial charge in [0.1, 0.15) is 17.5 Å². The van der Waals surface area contributed by atoms with Gasteiger partial charge >= 0.3 is 0 Å². The number of ketones is 1. The summed E-state index contributed by atoms with van der Waals surface area (Å²) in [5, 5.41) is 0.748. The van der Waals surface area contributed by atoms with Crippen molar-refractivity contribution in [2.45, 2.75) is 6.54 Å². The second-order valence-electron chi connectivity index (χ2n) is 4.67. The van der Waals surface area contributed by atoms with Crippen LogP contribution >= 0.6 is 0 Å². The predicted molar refractivity (Wildman–Crippen MR) is 72.6 cm³/mol. The van der Waals surface area contributed by atoms with Crippen molar-refractivity contribution < 1.29 is 18.0 Å². The summed E-state index contributed by atoms with van der Waals surface area (Å²) in [5.41, 5.74) is -0.0733. The van der Waals surface area contributed by atoms with Crippen LogP contribution in [0.3, 0.4) is 0 Å². The lowest BCUT2D eigenvalue weighted by atomic mass is 10.1. The number of carbonyl (C=O) groups excluding carboxylic acids is 1. The van der Waals surface area contributed by atoms with Crippen LogP contribution in [0.2, 0.25) is 0 Å². The molecular formula is C16H10F3NO. The van der Waals surface area contributed by atoms with E-state index >= 15 is 0 Å². The number of nitrogens with zero attached hydrogens (tertiary/aromatic N) is 1. The van der Waals surface area contributed by atoms with Crippen molar-refractivity contribution in [1.82, 2.24) is 4.57 Å². The lowest BCUT2D eigenvalue weighted by Crippen LogP contribution is -2.13. The van der Waals surface area contributed by atoms with Crippen LogP contribution in [-0.4, -0.2) is 10.4 Å². The molecule has 2 nitrogen and oxygen atoms in total. The first kappa shape index (κ1) is 13.4. The van der Waals surface area contributed by atoms with Gasteiger partial charge in [0, 0.05) is 6.20 Å². The number of halogens is 3. The summed E-state index contributed by atoms with van der Waals surface area (Å²) < 4.78 is 41.9. The lowest BCUT2D eigenvalue weighted by molar-refractivity contribution is 0.0965. The Kier molecular flexibility index (Phi) is 3.25. The standard InChI is InChI=1S/C16H10F3NO/c17-11-5-4-10-6-7-20(14(10)8-11)9-15(21)16-12(18)2-1-3-13(16)19/h1-8H,9H2. The summed E-state index contributed by atoms with van der Waals surface area (Å²) in [7, 11) is 0. The number of hydrogen-bond acceptors (Lipinski definition) is 1. The molecule has 0 bridgehead atoms. The quantitative estimate of drug-likeness (QED) is 0.669. The zero-order valence-corrected chi connectivity index (χ0v) is 10.8. The largest absolute Gasteiger partial charge is 0.340 e. The molecule has 0 atom stereocenters. The topological polar surface area (TPSA) is 22.0 Å². The second kappa shape index (κ2) is 5.09. The molecule has 0 radical (unpaired) electrons. The molecule has 0 saturated carbocycles. The van der Waals surface area contributed by atoms with Crippen LogP contribution in [0.1, 0.15) is 10.4 Å². The Balaban J connectivity index is 1.99. The number of hydrogen-bond donors (Lipinski definition) is 0. The van der Waals surface area contributed by atoms with E-state index in [1.165, 1.54) is 22.8 Å². The SMILES string of the molecule is O=C(Cn1ccc2ccc(F)cc21)c1c(F)cccc1F. The number of benzene rings is 2. The van der Waals surface area contributed by atoms with Crippen molar-refractivity contribution in [2.24, 2.45) is 0 Å². The first-order chi connectivity index (χ1) is 10.1. The van der Waals surface area contributed by atoms with Gasteiger partial charge in [-0.3, -0.25) is 4.79 Å². The zero-order valence-electron chi connectivity index (χ0n) is 10.8. The van der Waals surface area contributed by atoms with E-state index in [9.17, 15) is 18.0 Å². The van der Waals surface area contributed by atoms with Crippen LogP contribution in [0.15, 0.2) is 48.7 Å². The van der Waals surface area contributed by atoms with Gasteiger partial charge in [0.15, 0.2) is 5.78 Å². The Hall–Kier alpha value is -2.56. The Morgan fingerprint density at radius 3 is 2.43 bits per heavy atom. The monoisotopic (exact) mass is 289 g/mol. The van der Waals surface area contributed by atoms with E-state index < -0.39 is 28.8 Å². The molecule has 2 aromatic carbocycles. The number of rotatable bonds is 3. The van der Waals surface area contributed by atoms with Gasteiger partial charge in [-0.05, 0) is 41.8 Å². The van der Waals surface area contributed by atoms with Gasteiger partial charge in [-0.2, -0.15) is 0 Å². The van der Waals surface area contributed by atoms with E-state index in [0.29, 0.717) is 5.52 Å². The van der Waals surface area contributed by atoms with E-state index in [1.807, 2.05) is 0 Å². The normalized spacial score (nSPS) is 11.0. The summed E-state index contributed by atoms with van der Waals surface area (Å²) in [4.78, 5) is 12.1. The third-order valence-corrected chi connectivity index (χ3v) is 3.29. The highest BCUT2D eigenvalue weighted by molar-refractivity contribution is 5.97. The fourth-order valence-corrected chi connectivity index (χ4v) is 2.29. The zero-order chi connectivity index (χ0) is 15.0. The lowest BCUT2D eigenvalue weighted by Gasteiger charge is -2.07. The highest BCUT2D eigenvalue weighted by Gasteiger charge is 2.17. The minimum absolute atomic E-state index is 0.259. The molecule has 1 heterocycles. The van der Waals surface area contributed by atoms with Crippen molar-refractivity contribution in [3.05, 3.63) is 71.7 Å². The van der Waals surface area contributed by atoms with Crippen molar-refractivity contribution in [3.63, 3.8) is 0 Å². The third-order valence-electron chi connectivity index (χ3n) is 3.29. The van der Waals surface area contributed by atoms with E-state index in [1.54, 1.807) is 18.3 Å². The molecule has 0 aliphatic heterocycles. The number of aromatic nitrogens is 1. The minimum atomic E-state index is -0.900. The van der Waals surface area contributed by atoms with Crippen LogP contribution in [0.5, 0.6) is 0 Å². The van der Waals surface area contributed by atoms with Gasteiger partial charge in [0.2, 0.25) is 0 Å². The fraction of sp³-hybridized carbons (Fsp3) is 0.0625. The van der Waals surface area contributed by atoms with Gasteiger partial charge in [0.05, 0.1) is 17.6 Å². The van der Waals surface area contributed by atoms with Gasteiger partial charge in [-0.15, -0.1) is 0 Å². The molecule has 106 valence electrons. The van der Waals surface area contributed by atoms with Crippen LogP contribution < -0.4 is 0 Å². The van der Waals surface area contributed by atoms with Crippen LogP contribution in [0, 0.1) is 17.5 Å². The van der Waals surface area contributed by atoms with Crippen molar-refractivity contribution in [2.75, 3.05) is 0 Å². The maximum absolute atomic E-state index is 13.6. The molecule has 0 fully saturated rings. The minimum Gasteiger partial charge on any atom is -0.340 e. The molecule has 0 N–H and O–H groups in total. The summed E-state index contributed by atoms with van der Waals surface area (Å²) in [6.45, 7) is -0.259. The molecule has 3 aromatic rings. The van der Waals surface area contributed by atoms with Gasteiger partial charge < -0.3 is 4.57 Å². The van der Waals surface area contributed by atoms with E-state index in [2.05, 4.69) is 0 Å². The smallest absolute Gasteiger partial charge is 0.188 e.